The second kappa shape index (κ2) is 8.01. The molecule has 0 spiro atoms. The number of rotatable bonds is 6. The minimum atomic E-state index is 0.402. The zero-order chi connectivity index (χ0) is 14.4. The fraction of sp³-hybridized carbons (Fsp3) is 0.625. The van der Waals surface area contributed by atoms with Gasteiger partial charge in [0, 0.05) is 23.1 Å². The van der Waals surface area contributed by atoms with Gasteiger partial charge in [-0.25, -0.2) is 0 Å². The maximum atomic E-state index is 10.0. The first-order valence-electron chi connectivity index (χ1n) is 7.59. The Labute approximate surface area is 130 Å². The quantitative estimate of drug-likeness (QED) is 0.833. The molecule has 0 aliphatic carbocycles. The number of hydrogen-bond acceptors (Lipinski definition) is 3. The molecule has 1 saturated heterocycles. The van der Waals surface area contributed by atoms with Crippen LogP contribution in [0.1, 0.15) is 31.7 Å². The zero-order valence-electron chi connectivity index (χ0n) is 12.2. The lowest BCUT2D eigenvalue weighted by atomic mass is 9.97. The van der Waals surface area contributed by atoms with Crippen LogP contribution in [-0.2, 0) is 6.54 Å². The summed E-state index contributed by atoms with van der Waals surface area (Å²) in [5.41, 5.74) is 1.02. The van der Waals surface area contributed by atoms with Crippen LogP contribution in [0.5, 0.6) is 5.75 Å². The Morgan fingerprint density at radius 3 is 2.80 bits per heavy atom. The van der Waals surface area contributed by atoms with Crippen molar-refractivity contribution >= 4 is 15.9 Å². The summed E-state index contributed by atoms with van der Waals surface area (Å²) in [4.78, 5) is 2.48. The summed E-state index contributed by atoms with van der Waals surface area (Å²) in [6.07, 6.45) is 3.69. The summed E-state index contributed by atoms with van der Waals surface area (Å²) >= 11 is 3.49. The molecule has 1 aromatic carbocycles. The maximum absolute atomic E-state index is 10.0. The van der Waals surface area contributed by atoms with Gasteiger partial charge in [0.15, 0.2) is 0 Å². The Morgan fingerprint density at radius 2 is 2.10 bits per heavy atom. The number of nitrogens with one attached hydrogen (secondary N) is 1. The minimum Gasteiger partial charge on any atom is -0.508 e. The summed E-state index contributed by atoms with van der Waals surface area (Å²) in [6, 6.07) is 5.68. The van der Waals surface area contributed by atoms with E-state index >= 15 is 0 Å². The van der Waals surface area contributed by atoms with Crippen LogP contribution in [0.4, 0.5) is 0 Å². The van der Waals surface area contributed by atoms with Gasteiger partial charge >= 0.3 is 0 Å². The van der Waals surface area contributed by atoms with E-state index in [1.807, 2.05) is 12.1 Å². The van der Waals surface area contributed by atoms with Gasteiger partial charge in [0.25, 0.3) is 0 Å². The number of nitrogens with zero attached hydrogens (tertiary/aromatic N) is 1. The second-order valence-corrected chi connectivity index (χ2v) is 6.62. The van der Waals surface area contributed by atoms with Crippen molar-refractivity contribution < 1.29 is 5.11 Å². The van der Waals surface area contributed by atoms with Crippen molar-refractivity contribution in [2.45, 2.75) is 32.7 Å². The van der Waals surface area contributed by atoms with Crippen molar-refractivity contribution in [1.82, 2.24) is 10.2 Å². The van der Waals surface area contributed by atoms with Gasteiger partial charge in [-0.05, 0) is 63.0 Å². The van der Waals surface area contributed by atoms with Gasteiger partial charge in [0.1, 0.15) is 5.75 Å². The molecule has 0 saturated carbocycles. The molecule has 0 bridgehead atoms. The Morgan fingerprint density at radius 1 is 1.35 bits per heavy atom. The molecule has 1 heterocycles. The molecule has 0 unspecified atom stereocenters. The van der Waals surface area contributed by atoms with Crippen LogP contribution in [0.15, 0.2) is 22.7 Å². The molecule has 0 amide bonds. The minimum absolute atomic E-state index is 0.402. The van der Waals surface area contributed by atoms with Crippen LogP contribution in [-0.4, -0.2) is 36.2 Å². The van der Waals surface area contributed by atoms with E-state index < -0.39 is 0 Å². The number of halogens is 1. The lowest BCUT2D eigenvalue weighted by molar-refractivity contribution is 0.197. The Bertz CT molecular complexity index is 419. The SMILES string of the molecule is CCCN(Cc1cc(Br)ccc1O)CC1CCNCC1. The smallest absolute Gasteiger partial charge is 0.120 e. The van der Waals surface area contributed by atoms with Gasteiger partial charge in [-0.15, -0.1) is 0 Å². The highest BCUT2D eigenvalue weighted by molar-refractivity contribution is 9.10. The molecule has 2 N–H and O–H groups in total. The molecule has 1 aliphatic heterocycles. The molecule has 0 atom stereocenters. The summed E-state index contributed by atoms with van der Waals surface area (Å²) in [6.45, 7) is 7.58. The predicted octanol–water partition coefficient (Wildman–Crippen LogP) is 3.37. The number of hydrogen-bond donors (Lipinski definition) is 2. The molecule has 3 nitrogen and oxygen atoms in total. The van der Waals surface area contributed by atoms with E-state index in [-0.39, 0.29) is 0 Å². The molecule has 1 aliphatic rings. The Balaban J connectivity index is 1.98. The van der Waals surface area contributed by atoms with E-state index in [2.05, 4.69) is 33.1 Å². The molecule has 0 radical (unpaired) electrons. The fourth-order valence-corrected chi connectivity index (χ4v) is 3.31. The van der Waals surface area contributed by atoms with Gasteiger partial charge in [-0.1, -0.05) is 22.9 Å². The van der Waals surface area contributed by atoms with Crippen molar-refractivity contribution in [1.29, 1.82) is 0 Å². The molecule has 0 aromatic heterocycles. The van der Waals surface area contributed by atoms with Crippen molar-refractivity contribution in [2.75, 3.05) is 26.2 Å². The summed E-state index contributed by atoms with van der Waals surface area (Å²) in [5, 5.41) is 13.4. The van der Waals surface area contributed by atoms with Crippen molar-refractivity contribution in [3.63, 3.8) is 0 Å². The average molecular weight is 341 g/mol. The van der Waals surface area contributed by atoms with Crippen LogP contribution < -0.4 is 5.32 Å². The van der Waals surface area contributed by atoms with E-state index in [0.29, 0.717) is 5.75 Å². The molecular weight excluding hydrogens is 316 g/mol. The molecule has 1 aromatic rings. The summed E-state index contributed by atoms with van der Waals surface area (Å²) in [7, 11) is 0. The Hall–Kier alpha value is -0.580. The molecular formula is C16H25BrN2O. The molecule has 20 heavy (non-hydrogen) atoms. The highest BCUT2D eigenvalue weighted by atomic mass is 79.9. The molecule has 2 rings (SSSR count). The van der Waals surface area contributed by atoms with E-state index in [1.54, 1.807) is 6.07 Å². The molecule has 4 heteroatoms. The normalized spacial score (nSPS) is 16.8. The topological polar surface area (TPSA) is 35.5 Å². The lowest BCUT2D eigenvalue weighted by Gasteiger charge is -2.30. The van der Waals surface area contributed by atoms with Crippen LogP contribution >= 0.6 is 15.9 Å². The standard InChI is InChI=1S/C16H25BrN2O/c1-2-9-19(11-13-5-7-18-8-6-13)12-14-10-15(17)3-4-16(14)20/h3-4,10,13,18,20H,2,5-9,11-12H2,1H3. The van der Waals surface area contributed by atoms with Gasteiger partial charge in [-0.3, -0.25) is 4.90 Å². The van der Waals surface area contributed by atoms with Gasteiger partial charge < -0.3 is 10.4 Å². The monoisotopic (exact) mass is 340 g/mol. The first-order valence-corrected chi connectivity index (χ1v) is 8.38. The number of phenols is 1. The third-order valence-electron chi connectivity index (χ3n) is 3.95. The van der Waals surface area contributed by atoms with E-state index in [1.165, 1.54) is 12.8 Å². The van der Waals surface area contributed by atoms with E-state index in [0.717, 1.165) is 55.1 Å². The van der Waals surface area contributed by atoms with Crippen LogP contribution in [0.2, 0.25) is 0 Å². The van der Waals surface area contributed by atoms with Crippen LogP contribution in [0.25, 0.3) is 0 Å². The second-order valence-electron chi connectivity index (χ2n) is 5.70. The predicted molar refractivity (Wildman–Crippen MR) is 87.0 cm³/mol. The first-order chi connectivity index (χ1) is 9.69. The van der Waals surface area contributed by atoms with E-state index in [9.17, 15) is 5.11 Å². The average Bonchev–Trinajstić information content (AvgIpc) is 2.44. The molecule has 112 valence electrons. The third-order valence-corrected chi connectivity index (χ3v) is 4.44. The first kappa shape index (κ1) is 15.8. The van der Waals surface area contributed by atoms with Crippen LogP contribution in [0, 0.1) is 5.92 Å². The third kappa shape index (κ3) is 4.76. The van der Waals surface area contributed by atoms with Crippen molar-refractivity contribution in [3.8, 4) is 5.75 Å². The maximum Gasteiger partial charge on any atom is 0.120 e. The van der Waals surface area contributed by atoms with Gasteiger partial charge in [-0.2, -0.15) is 0 Å². The number of piperidine rings is 1. The Kier molecular flexibility index (Phi) is 6.33. The van der Waals surface area contributed by atoms with Gasteiger partial charge in [0.2, 0.25) is 0 Å². The summed E-state index contributed by atoms with van der Waals surface area (Å²) < 4.78 is 1.03. The lowest BCUT2D eigenvalue weighted by Crippen LogP contribution is -2.36. The fourth-order valence-electron chi connectivity index (χ4n) is 2.90. The highest BCUT2D eigenvalue weighted by Crippen LogP contribution is 2.24. The number of phenolic OH excluding ortho intramolecular Hbond substituents is 1. The molecule has 1 fully saturated rings. The largest absolute Gasteiger partial charge is 0.508 e. The van der Waals surface area contributed by atoms with Crippen molar-refractivity contribution in [3.05, 3.63) is 28.2 Å². The van der Waals surface area contributed by atoms with Crippen molar-refractivity contribution in [2.24, 2.45) is 5.92 Å². The number of aromatic hydroxyl groups is 1. The summed E-state index contributed by atoms with van der Waals surface area (Å²) in [5.74, 6) is 1.19. The van der Waals surface area contributed by atoms with E-state index in [4.69, 9.17) is 0 Å². The number of benzene rings is 1. The van der Waals surface area contributed by atoms with Crippen LogP contribution in [0.3, 0.4) is 0 Å². The van der Waals surface area contributed by atoms with Gasteiger partial charge in [0.05, 0.1) is 0 Å². The highest BCUT2D eigenvalue weighted by Gasteiger charge is 2.17. The zero-order valence-corrected chi connectivity index (χ0v) is 13.8.